The fraction of sp³-hybridized carbons (Fsp3) is 0.0476. The Kier molecular flexibility index (Phi) is 4.30. The highest BCUT2D eigenvalue weighted by atomic mass is 19.1. The summed E-state index contributed by atoms with van der Waals surface area (Å²) in [5, 5.41) is 0. The third-order valence-corrected chi connectivity index (χ3v) is 4.21. The number of fused-ring (bicyclic) bond motifs is 1. The number of halogens is 1. The fourth-order valence-electron chi connectivity index (χ4n) is 2.87. The molecule has 0 fully saturated rings. The molecule has 0 saturated heterocycles. The van der Waals surface area contributed by atoms with Crippen molar-refractivity contribution >= 4 is 23.3 Å². The summed E-state index contributed by atoms with van der Waals surface area (Å²) in [5.41, 5.74) is 2.11. The van der Waals surface area contributed by atoms with E-state index >= 15 is 0 Å². The largest absolute Gasteiger partial charge is 0.286 e. The summed E-state index contributed by atoms with van der Waals surface area (Å²) >= 11 is 0. The molecule has 4 rings (SSSR count). The first kappa shape index (κ1) is 16.8. The molecule has 5 nitrogen and oxygen atoms in total. The van der Waals surface area contributed by atoms with Crippen molar-refractivity contribution < 1.29 is 4.39 Å². The molecule has 0 aliphatic rings. The lowest BCUT2D eigenvalue weighted by Crippen LogP contribution is -2.24. The van der Waals surface area contributed by atoms with Crippen LogP contribution in [0.4, 0.5) is 4.39 Å². The van der Waals surface area contributed by atoms with E-state index in [0.29, 0.717) is 17.1 Å². The minimum Gasteiger partial charge on any atom is -0.266 e. The van der Waals surface area contributed by atoms with Gasteiger partial charge < -0.3 is 0 Å². The Morgan fingerprint density at radius 2 is 1.70 bits per heavy atom. The van der Waals surface area contributed by atoms with Crippen LogP contribution in [-0.2, 0) is 0 Å². The van der Waals surface area contributed by atoms with Crippen LogP contribution < -0.4 is 5.56 Å². The van der Waals surface area contributed by atoms with Crippen molar-refractivity contribution in [2.75, 3.05) is 0 Å². The standard InChI is InChI=1S/C21H15FN4O/c1-14-6-2-5-9-17(14)26-18(11-10-15-7-3-4-8-16(15)22)25-20-19(21(26)27)23-12-13-24-20/h2-13H,1H3/b11-10+. The van der Waals surface area contributed by atoms with Crippen molar-refractivity contribution in [3.8, 4) is 5.69 Å². The van der Waals surface area contributed by atoms with Crippen LogP contribution in [0.5, 0.6) is 0 Å². The second kappa shape index (κ2) is 6.92. The van der Waals surface area contributed by atoms with Gasteiger partial charge >= 0.3 is 0 Å². The molecule has 0 amide bonds. The van der Waals surface area contributed by atoms with Crippen molar-refractivity contribution in [3.63, 3.8) is 0 Å². The molecule has 2 heterocycles. The highest BCUT2D eigenvalue weighted by molar-refractivity contribution is 5.74. The molecule has 6 heteroatoms. The lowest BCUT2D eigenvalue weighted by Gasteiger charge is -2.12. The molecule has 0 atom stereocenters. The first-order valence-electron chi connectivity index (χ1n) is 8.37. The van der Waals surface area contributed by atoms with E-state index in [0.717, 1.165) is 5.56 Å². The maximum Gasteiger partial charge on any atom is 0.286 e. The lowest BCUT2D eigenvalue weighted by atomic mass is 10.2. The van der Waals surface area contributed by atoms with Crippen molar-refractivity contribution in [3.05, 3.63) is 94.0 Å². The summed E-state index contributed by atoms with van der Waals surface area (Å²) in [4.78, 5) is 25.8. The molecule has 0 N–H and O–H groups in total. The Labute approximate surface area is 154 Å². The molecule has 0 spiro atoms. The summed E-state index contributed by atoms with van der Waals surface area (Å²) in [6.07, 6.45) is 6.15. The van der Waals surface area contributed by atoms with Crippen LogP contribution in [-0.4, -0.2) is 19.5 Å². The first-order chi connectivity index (χ1) is 13.1. The number of hydrogen-bond acceptors (Lipinski definition) is 4. The van der Waals surface area contributed by atoms with Crippen LogP contribution in [0.1, 0.15) is 17.0 Å². The van der Waals surface area contributed by atoms with Crippen LogP contribution in [0, 0.1) is 12.7 Å². The molecule has 0 unspecified atom stereocenters. The van der Waals surface area contributed by atoms with Gasteiger partial charge in [-0.1, -0.05) is 36.4 Å². The molecule has 4 aromatic rings. The predicted octanol–water partition coefficient (Wildman–Crippen LogP) is 3.79. The van der Waals surface area contributed by atoms with E-state index in [9.17, 15) is 9.18 Å². The van der Waals surface area contributed by atoms with E-state index in [1.165, 1.54) is 23.0 Å². The lowest BCUT2D eigenvalue weighted by molar-refractivity contribution is 0.625. The molecular weight excluding hydrogens is 343 g/mol. The summed E-state index contributed by atoms with van der Waals surface area (Å²) in [6.45, 7) is 1.91. The Hall–Kier alpha value is -3.67. The number of aromatic nitrogens is 4. The number of rotatable bonds is 3. The van der Waals surface area contributed by atoms with Crippen LogP contribution in [0.2, 0.25) is 0 Å². The second-order valence-corrected chi connectivity index (χ2v) is 5.98. The van der Waals surface area contributed by atoms with Gasteiger partial charge in [0.15, 0.2) is 11.2 Å². The summed E-state index contributed by atoms with van der Waals surface area (Å²) in [7, 11) is 0. The maximum absolute atomic E-state index is 13.9. The molecule has 27 heavy (non-hydrogen) atoms. The molecule has 2 aromatic carbocycles. The van der Waals surface area contributed by atoms with Crippen LogP contribution in [0.15, 0.2) is 65.7 Å². The molecular formula is C21H15FN4O. The first-order valence-corrected chi connectivity index (χ1v) is 8.37. The van der Waals surface area contributed by atoms with Crippen molar-refractivity contribution in [1.82, 2.24) is 19.5 Å². The fourth-order valence-corrected chi connectivity index (χ4v) is 2.87. The number of aryl methyl sites for hydroxylation is 1. The van der Waals surface area contributed by atoms with Gasteiger partial charge in [-0.15, -0.1) is 0 Å². The predicted molar refractivity (Wildman–Crippen MR) is 103 cm³/mol. The van der Waals surface area contributed by atoms with Gasteiger partial charge in [0.25, 0.3) is 5.56 Å². The average Bonchev–Trinajstić information content (AvgIpc) is 2.68. The number of benzene rings is 2. The minimum absolute atomic E-state index is 0.184. The second-order valence-electron chi connectivity index (χ2n) is 5.98. The Morgan fingerprint density at radius 3 is 2.52 bits per heavy atom. The smallest absolute Gasteiger partial charge is 0.266 e. The van der Waals surface area contributed by atoms with Crippen molar-refractivity contribution in [2.45, 2.75) is 6.92 Å². The molecule has 0 aliphatic carbocycles. The highest BCUT2D eigenvalue weighted by Crippen LogP contribution is 2.17. The van der Waals surface area contributed by atoms with Gasteiger partial charge in [-0.05, 0) is 36.8 Å². The van der Waals surface area contributed by atoms with Gasteiger partial charge in [0.05, 0.1) is 5.69 Å². The van der Waals surface area contributed by atoms with Crippen molar-refractivity contribution in [1.29, 1.82) is 0 Å². The SMILES string of the molecule is Cc1ccccc1-n1c(/C=C/c2ccccc2F)nc2nccnc2c1=O. The average molecular weight is 358 g/mol. The topological polar surface area (TPSA) is 60.7 Å². The molecule has 132 valence electrons. The van der Waals surface area contributed by atoms with Gasteiger partial charge in [-0.3, -0.25) is 9.36 Å². The summed E-state index contributed by atoms with van der Waals surface area (Å²) < 4.78 is 15.4. The summed E-state index contributed by atoms with van der Waals surface area (Å²) in [6, 6.07) is 13.9. The zero-order valence-corrected chi connectivity index (χ0v) is 14.5. The van der Waals surface area contributed by atoms with Gasteiger partial charge in [0.1, 0.15) is 11.6 Å². The van der Waals surface area contributed by atoms with E-state index in [-0.39, 0.29) is 22.5 Å². The zero-order chi connectivity index (χ0) is 18.8. The number of para-hydroxylation sites is 1. The van der Waals surface area contributed by atoms with E-state index in [4.69, 9.17) is 0 Å². The van der Waals surface area contributed by atoms with Crippen LogP contribution >= 0.6 is 0 Å². The van der Waals surface area contributed by atoms with Crippen molar-refractivity contribution in [2.24, 2.45) is 0 Å². The van der Waals surface area contributed by atoms with E-state index in [2.05, 4.69) is 15.0 Å². The summed E-state index contributed by atoms with van der Waals surface area (Å²) in [5.74, 6) is 0.00433. The monoisotopic (exact) mass is 358 g/mol. The third kappa shape index (κ3) is 3.13. The quantitative estimate of drug-likeness (QED) is 0.559. The third-order valence-electron chi connectivity index (χ3n) is 4.21. The molecule has 0 bridgehead atoms. The van der Waals surface area contributed by atoms with Crippen LogP contribution in [0.25, 0.3) is 29.0 Å². The normalized spacial score (nSPS) is 11.3. The van der Waals surface area contributed by atoms with Gasteiger partial charge in [0, 0.05) is 18.0 Å². The molecule has 0 radical (unpaired) electrons. The van der Waals surface area contributed by atoms with Gasteiger partial charge in [-0.25, -0.2) is 19.3 Å². The van der Waals surface area contributed by atoms with E-state index in [1.807, 2.05) is 31.2 Å². The van der Waals surface area contributed by atoms with Gasteiger partial charge in [0.2, 0.25) is 0 Å². The van der Waals surface area contributed by atoms with E-state index in [1.54, 1.807) is 30.4 Å². The Balaban J connectivity index is 1.99. The van der Waals surface area contributed by atoms with Gasteiger partial charge in [-0.2, -0.15) is 0 Å². The van der Waals surface area contributed by atoms with E-state index < -0.39 is 0 Å². The van der Waals surface area contributed by atoms with Crippen LogP contribution in [0.3, 0.4) is 0 Å². The highest BCUT2D eigenvalue weighted by Gasteiger charge is 2.14. The number of nitrogens with zero attached hydrogens (tertiary/aromatic N) is 4. The minimum atomic E-state index is -0.348. The number of hydrogen-bond donors (Lipinski definition) is 0. The maximum atomic E-state index is 13.9. The molecule has 2 aromatic heterocycles. The zero-order valence-electron chi connectivity index (χ0n) is 14.5. The Bertz CT molecular complexity index is 1230. The Morgan fingerprint density at radius 1 is 0.963 bits per heavy atom. The molecule has 0 aliphatic heterocycles. The molecule has 0 saturated carbocycles.